The molecule has 1 aromatic rings. The number of hydrogen-bond donors (Lipinski definition) is 1. The highest BCUT2D eigenvalue weighted by molar-refractivity contribution is 7.99. The van der Waals surface area contributed by atoms with Gasteiger partial charge in [0.15, 0.2) is 0 Å². The molecule has 1 aliphatic carbocycles. The Hall–Kier alpha value is -0.480. The predicted octanol–water partition coefficient (Wildman–Crippen LogP) is 3.78. The van der Waals surface area contributed by atoms with Crippen molar-refractivity contribution in [1.82, 2.24) is 9.97 Å². The molecule has 2 atom stereocenters. The Morgan fingerprint density at radius 3 is 3.00 bits per heavy atom. The average Bonchev–Trinajstić information content (AvgIpc) is 2.39. The van der Waals surface area contributed by atoms with E-state index in [0.717, 1.165) is 23.1 Å². The minimum absolute atomic E-state index is 0.521. The number of aromatic nitrogens is 2. The summed E-state index contributed by atoms with van der Waals surface area (Å²) in [5, 5.41) is 4.91. The van der Waals surface area contributed by atoms with Crippen LogP contribution in [0.4, 0.5) is 5.82 Å². The number of nitrogens with one attached hydrogen (secondary N) is 1. The highest BCUT2D eigenvalue weighted by atomic mass is 35.5. The SMILES string of the molecule is CCc1c(Cl)ncnc1NC1CCCC(SC)C1. The van der Waals surface area contributed by atoms with E-state index in [-0.39, 0.29) is 0 Å². The molecule has 1 fully saturated rings. The molecular weight excluding hydrogens is 266 g/mol. The third-order valence-corrected chi connectivity index (χ3v) is 4.97. The van der Waals surface area contributed by atoms with E-state index in [1.807, 2.05) is 11.8 Å². The van der Waals surface area contributed by atoms with Crippen LogP contribution >= 0.6 is 23.4 Å². The van der Waals surface area contributed by atoms with Gasteiger partial charge in [0.25, 0.3) is 0 Å². The third-order valence-electron chi connectivity index (χ3n) is 3.55. The Bertz CT molecular complexity index is 400. The molecule has 18 heavy (non-hydrogen) atoms. The highest BCUT2D eigenvalue weighted by Crippen LogP contribution is 2.30. The first kappa shape index (κ1) is 13.9. The van der Waals surface area contributed by atoms with E-state index in [0.29, 0.717) is 11.2 Å². The molecule has 5 heteroatoms. The van der Waals surface area contributed by atoms with Crippen LogP contribution in [0.2, 0.25) is 5.15 Å². The molecular formula is C13H20ClN3S. The van der Waals surface area contributed by atoms with Gasteiger partial charge in [-0.05, 0) is 31.9 Å². The van der Waals surface area contributed by atoms with Crippen molar-refractivity contribution in [2.45, 2.75) is 50.3 Å². The first-order valence-corrected chi connectivity index (χ1v) is 8.19. The van der Waals surface area contributed by atoms with Gasteiger partial charge < -0.3 is 5.32 Å². The van der Waals surface area contributed by atoms with Crippen LogP contribution in [0, 0.1) is 0 Å². The van der Waals surface area contributed by atoms with Gasteiger partial charge >= 0.3 is 0 Å². The van der Waals surface area contributed by atoms with Crippen molar-refractivity contribution in [2.24, 2.45) is 0 Å². The molecule has 0 aromatic carbocycles. The molecule has 1 aromatic heterocycles. The molecule has 2 unspecified atom stereocenters. The van der Waals surface area contributed by atoms with E-state index in [1.165, 1.54) is 25.7 Å². The van der Waals surface area contributed by atoms with Gasteiger partial charge in [0, 0.05) is 16.9 Å². The number of nitrogens with zero attached hydrogens (tertiary/aromatic N) is 2. The molecule has 1 heterocycles. The lowest BCUT2D eigenvalue weighted by Gasteiger charge is -2.29. The van der Waals surface area contributed by atoms with Crippen LogP contribution < -0.4 is 5.32 Å². The van der Waals surface area contributed by atoms with Crippen molar-refractivity contribution >= 4 is 29.2 Å². The van der Waals surface area contributed by atoms with E-state index in [1.54, 1.807) is 6.33 Å². The zero-order valence-electron chi connectivity index (χ0n) is 10.9. The molecule has 1 saturated carbocycles. The van der Waals surface area contributed by atoms with Gasteiger partial charge in [-0.15, -0.1) is 0 Å². The Balaban J connectivity index is 2.07. The van der Waals surface area contributed by atoms with E-state index in [9.17, 15) is 0 Å². The lowest BCUT2D eigenvalue weighted by Crippen LogP contribution is -2.29. The normalized spacial score (nSPS) is 23.9. The second kappa shape index (κ2) is 6.62. The summed E-state index contributed by atoms with van der Waals surface area (Å²) in [6, 6.07) is 0.521. The van der Waals surface area contributed by atoms with E-state index in [2.05, 4.69) is 28.5 Å². The fraction of sp³-hybridized carbons (Fsp3) is 0.692. The van der Waals surface area contributed by atoms with Gasteiger partial charge in [-0.2, -0.15) is 11.8 Å². The maximum atomic E-state index is 6.11. The van der Waals surface area contributed by atoms with Crippen LogP contribution in [0.25, 0.3) is 0 Å². The smallest absolute Gasteiger partial charge is 0.137 e. The summed E-state index contributed by atoms with van der Waals surface area (Å²) < 4.78 is 0. The first-order valence-electron chi connectivity index (χ1n) is 6.53. The van der Waals surface area contributed by atoms with Crippen LogP contribution in [0.15, 0.2) is 6.33 Å². The number of rotatable bonds is 4. The van der Waals surface area contributed by atoms with Gasteiger partial charge in [-0.3, -0.25) is 0 Å². The van der Waals surface area contributed by atoms with Crippen LogP contribution in [0.5, 0.6) is 0 Å². The van der Waals surface area contributed by atoms with Crippen LogP contribution in [-0.4, -0.2) is 27.5 Å². The van der Waals surface area contributed by atoms with Crippen molar-refractivity contribution in [2.75, 3.05) is 11.6 Å². The largest absolute Gasteiger partial charge is 0.367 e. The first-order chi connectivity index (χ1) is 8.74. The Labute approximate surface area is 118 Å². The van der Waals surface area contributed by atoms with Gasteiger partial charge in [0.2, 0.25) is 0 Å². The molecule has 2 rings (SSSR count). The second-order valence-corrected chi connectivity index (χ2v) is 6.21. The van der Waals surface area contributed by atoms with Gasteiger partial charge in [0.1, 0.15) is 17.3 Å². The Kier molecular flexibility index (Phi) is 5.13. The summed E-state index contributed by atoms with van der Waals surface area (Å²) in [6.45, 7) is 2.08. The number of thioether (sulfide) groups is 1. The zero-order chi connectivity index (χ0) is 13.0. The third kappa shape index (κ3) is 3.29. The summed E-state index contributed by atoms with van der Waals surface area (Å²) in [5.41, 5.74) is 1.03. The van der Waals surface area contributed by atoms with Crippen molar-refractivity contribution < 1.29 is 0 Å². The molecule has 3 nitrogen and oxygen atoms in total. The van der Waals surface area contributed by atoms with E-state index in [4.69, 9.17) is 11.6 Å². The highest BCUT2D eigenvalue weighted by Gasteiger charge is 2.22. The monoisotopic (exact) mass is 285 g/mol. The topological polar surface area (TPSA) is 37.8 Å². The number of hydrogen-bond acceptors (Lipinski definition) is 4. The standard InChI is InChI=1S/C13H20ClN3S/c1-3-11-12(14)15-8-16-13(11)17-9-5-4-6-10(7-9)18-2/h8-10H,3-7H2,1-2H3,(H,15,16,17). The van der Waals surface area contributed by atoms with E-state index >= 15 is 0 Å². The molecule has 0 bridgehead atoms. The van der Waals surface area contributed by atoms with Crippen molar-refractivity contribution in [3.8, 4) is 0 Å². The van der Waals surface area contributed by atoms with Crippen LogP contribution in [0.1, 0.15) is 38.2 Å². The predicted molar refractivity (Wildman–Crippen MR) is 79.6 cm³/mol. The molecule has 1 aliphatic rings. The van der Waals surface area contributed by atoms with Crippen LogP contribution in [0.3, 0.4) is 0 Å². The molecule has 0 amide bonds. The number of anilines is 1. The molecule has 0 radical (unpaired) electrons. The zero-order valence-corrected chi connectivity index (χ0v) is 12.5. The molecule has 100 valence electrons. The van der Waals surface area contributed by atoms with Crippen molar-refractivity contribution in [3.05, 3.63) is 17.0 Å². The van der Waals surface area contributed by atoms with Gasteiger partial charge in [-0.25, -0.2) is 9.97 Å². The Morgan fingerprint density at radius 2 is 2.28 bits per heavy atom. The van der Waals surface area contributed by atoms with Gasteiger partial charge in [0.05, 0.1) is 0 Å². The second-order valence-electron chi connectivity index (χ2n) is 4.71. The molecule has 0 spiro atoms. The summed E-state index contributed by atoms with van der Waals surface area (Å²) in [7, 11) is 0. The maximum absolute atomic E-state index is 6.11. The van der Waals surface area contributed by atoms with Crippen LogP contribution in [-0.2, 0) is 6.42 Å². The summed E-state index contributed by atoms with van der Waals surface area (Å²) in [4.78, 5) is 8.39. The Morgan fingerprint density at radius 1 is 1.44 bits per heavy atom. The molecule has 0 saturated heterocycles. The minimum Gasteiger partial charge on any atom is -0.367 e. The summed E-state index contributed by atoms with van der Waals surface area (Å²) in [6.07, 6.45) is 9.67. The fourth-order valence-electron chi connectivity index (χ4n) is 2.51. The molecule has 1 N–H and O–H groups in total. The fourth-order valence-corrected chi connectivity index (χ4v) is 3.61. The minimum atomic E-state index is 0.521. The maximum Gasteiger partial charge on any atom is 0.137 e. The summed E-state index contributed by atoms with van der Waals surface area (Å²) >= 11 is 8.08. The molecule has 0 aliphatic heterocycles. The van der Waals surface area contributed by atoms with E-state index < -0.39 is 0 Å². The lowest BCUT2D eigenvalue weighted by molar-refractivity contribution is 0.472. The van der Waals surface area contributed by atoms with Crippen molar-refractivity contribution in [3.63, 3.8) is 0 Å². The summed E-state index contributed by atoms with van der Waals surface area (Å²) in [5.74, 6) is 0.921. The quantitative estimate of drug-likeness (QED) is 0.855. The number of halogens is 1. The lowest BCUT2D eigenvalue weighted by atomic mass is 9.95. The average molecular weight is 286 g/mol. The van der Waals surface area contributed by atoms with Gasteiger partial charge in [-0.1, -0.05) is 24.9 Å². The van der Waals surface area contributed by atoms with Crippen molar-refractivity contribution in [1.29, 1.82) is 0 Å².